The van der Waals surface area contributed by atoms with E-state index < -0.39 is 28.3 Å². The fraction of sp³-hybridized carbons (Fsp3) is 0.529. The van der Waals surface area contributed by atoms with Crippen LogP contribution in [-0.2, 0) is 10.2 Å². The SMILES string of the molecule is CC(C)(C)c1ccc(C(=O)NC(CC2CC2)C(=O)O)cc1[N+](=O)[O-]. The quantitative estimate of drug-likeness (QED) is 0.614. The molecule has 1 aliphatic rings. The summed E-state index contributed by atoms with van der Waals surface area (Å²) >= 11 is 0. The molecule has 1 fully saturated rings. The highest BCUT2D eigenvalue weighted by Gasteiger charge is 2.31. The Balaban J connectivity index is 2.24. The van der Waals surface area contributed by atoms with Crippen LogP contribution in [-0.4, -0.2) is 27.9 Å². The number of carboxylic acids is 1. The van der Waals surface area contributed by atoms with E-state index in [1.165, 1.54) is 12.1 Å². The lowest BCUT2D eigenvalue weighted by molar-refractivity contribution is -0.386. The molecule has 0 spiro atoms. The molecule has 0 radical (unpaired) electrons. The number of nitrogens with zero attached hydrogens (tertiary/aromatic N) is 1. The molecule has 2 N–H and O–H groups in total. The van der Waals surface area contributed by atoms with Crippen molar-refractivity contribution in [2.24, 2.45) is 5.92 Å². The van der Waals surface area contributed by atoms with Gasteiger partial charge in [0.15, 0.2) is 0 Å². The van der Waals surface area contributed by atoms with E-state index in [1.807, 2.05) is 20.8 Å². The Labute approximate surface area is 140 Å². The summed E-state index contributed by atoms with van der Waals surface area (Å²) in [5.41, 5.74) is 0.0465. The summed E-state index contributed by atoms with van der Waals surface area (Å²) in [5, 5.41) is 23.0. The van der Waals surface area contributed by atoms with Crippen molar-refractivity contribution in [1.29, 1.82) is 0 Å². The third-order valence-corrected chi connectivity index (χ3v) is 4.13. The van der Waals surface area contributed by atoms with Crippen LogP contribution < -0.4 is 5.32 Å². The van der Waals surface area contributed by atoms with E-state index in [0.717, 1.165) is 12.8 Å². The van der Waals surface area contributed by atoms with E-state index in [1.54, 1.807) is 6.07 Å². The summed E-state index contributed by atoms with van der Waals surface area (Å²) in [6.45, 7) is 5.56. The van der Waals surface area contributed by atoms with Crippen LogP contribution in [0.3, 0.4) is 0 Å². The highest BCUT2D eigenvalue weighted by molar-refractivity contribution is 5.97. The molecule has 2 rings (SSSR count). The molecule has 130 valence electrons. The number of nitro benzene ring substituents is 1. The lowest BCUT2D eigenvalue weighted by Crippen LogP contribution is -2.41. The third-order valence-electron chi connectivity index (χ3n) is 4.13. The van der Waals surface area contributed by atoms with Crippen molar-refractivity contribution in [3.63, 3.8) is 0 Å². The molecule has 24 heavy (non-hydrogen) atoms. The minimum Gasteiger partial charge on any atom is -0.480 e. The summed E-state index contributed by atoms with van der Waals surface area (Å²) in [6, 6.07) is 3.31. The van der Waals surface area contributed by atoms with Crippen LogP contribution in [0, 0.1) is 16.0 Å². The van der Waals surface area contributed by atoms with E-state index in [9.17, 15) is 24.8 Å². The van der Waals surface area contributed by atoms with Crippen molar-refractivity contribution in [3.8, 4) is 0 Å². The Bertz CT molecular complexity index is 674. The van der Waals surface area contributed by atoms with Crippen molar-refractivity contribution in [2.75, 3.05) is 0 Å². The topological polar surface area (TPSA) is 110 Å². The number of carbonyl (C=O) groups is 2. The van der Waals surface area contributed by atoms with Crippen molar-refractivity contribution in [3.05, 3.63) is 39.4 Å². The first-order valence-electron chi connectivity index (χ1n) is 7.92. The Morgan fingerprint density at radius 1 is 1.38 bits per heavy atom. The summed E-state index contributed by atoms with van der Waals surface area (Å²) in [4.78, 5) is 34.4. The van der Waals surface area contributed by atoms with Crippen LogP contribution in [0.4, 0.5) is 5.69 Å². The molecule has 7 heteroatoms. The van der Waals surface area contributed by atoms with Crippen molar-refractivity contribution in [2.45, 2.75) is 51.5 Å². The third kappa shape index (κ3) is 4.31. The van der Waals surface area contributed by atoms with Crippen LogP contribution in [0.15, 0.2) is 18.2 Å². The molecule has 1 aliphatic carbocycles. The molecule has 0 saturated heterocycles. The second-order valence-corrected chi connectivity index (χ2v) is 7.28. The van der Waals surface area contributed by atoms with Crippen LogP contribution in [0.2, 0.25) is 0 Å². The number of rotatable bonds is 6. The molecule has 1 aromatic carbocycles. The lowest BCUT2D eigenvalue weighted by atomic mass is 9.85. The average molecular weight is 334 g/mol. The number of nitro groups is 1. The van der Waals surface area contributed by atoms with Crippen LogP contribution in [0.1, 0.15) is 56.0 Å². The average Bonchev–Trinajstić information content (AvgIpc) is 3.28. The second-order valence-electron chi connectivity index (χ2n) is 7.28. The zero-order valence-electron chi connectivity index (χ0n) is 14.0. The number of carboxylic acid groups (broad SMARTS) is 1. The van der Waals surface area contributed by atoms with Gasteiger partial charge in [0, 0.05) is 17.2 Å². The van der Waals surface area contributed by atoms with Gasteiger partial charge in [-0.2, -0.15) is 0 Å². The monoisotopic (exact) mass is 334 g/mol. The Hall–Kier alpha value is -2.44. The van der Waals surface area contributed by atoms with Gasteiger partial charge in [0.1, 0.15) is 6.04 Å². The zero-order chi connectivity index (χ0) is 18.1. The molecule has 0 bridgehead atoms. The van der Waals surface area contributed by atoms with E-state index in [4.69, 9.17) is 0 Å². The first-order chi connectivity index (χ1) is 11.1. The molecule has 7 nitrogen and oxygen atoms in total. The maximum absolute atomic E-state index is 12.3. The van der Waals surface area contributed by atoms with Gasteiger partial charge < -0.3 is 10.4 Å². The van der Waals surface area contributed by atoms with E-state index in [-0.39, 0.29) is 11.3 Å². The highest BCUT2D eigenvalue weighted by Crippen LogP contribution is 2.34. The van der Waals surface area contributed by atoms with Gasteiger partial charge in [-0.15, -0.1) is 0 Å². The molecule has 1 saturated carbocycles. The molecule has 0 heterocycles. The van der Waals surface area contributed by atoms with E-state index in [2.05, 4.69) is 5.32 Å². The van der Waals surface area contributed by atoms with Crippen molar-refractivity contribution < 1.29 is 19.6 Å². The molecule has 0 aliphatic heterocycles. The molecular formula is C17H22N2O5. The van der Waals surface area contributed by atoms with Crippen LogP contribution in [0.25, 0.3) is 0 Å². The standard InChI is InChI=1S/C17H22N2O5/c1-17(2,3)12-7-6-11(9-14(12)19(23)24)15(20)18-13(16(21)22)8-10-4-5-10/h6-7,9-10,13H,4-5,8H2,1-3H3,(H,18,20)(H,21,22). The molecule has 0 aromatic heterocycles. The van der Waals surface area contributed by atoms with Crippen molar-refractivity contribution in [1.82, 2.24) is 5.32 Å². The van der Waals surface area contributed by atoms with Gasteiger partial charge >= 0.3 is 5.97 Å². The summed E-state index contributed by atoms with van der Waals surface area (Å²) in [7, 11) is 0. The molecule has 1 amide bonds. The van der Waals surface area contributed by atoms with Crippen LogP contribution in [0.5, 0.6) is 0 Å². The van der Waals surface area contributed by atoms with Crippen molar-refractivity contribution >= 4 is 17.6 Å². The maximum Gasteiger partial charge on any atom is 0.326 e. The van der Waals surface area contributed by atoms with Crippen LogP contribution >= 0.6 is 0 Å². The smallest absolute Gasteiger partial charge is 0.326 e. The first-order valence-corrected chi connectivity index (χ1v) is 7.92. The minimum atomic E-state index is -1.09. The normalized spacial score (nSPS) is 15.6. The number of carbonyl (C=O) groups excluding carboxylic acids is 1. The van der Waals surface area contributed by atoms with Gasteiger partial charge in [0.2, 0.25) is 0 Å². The van der Waals surface area contributed by atoms with Gasteiger partial charge in [-0.25, -0.2) is 4.79 Å². The fourth-order valence-electron chi connectivity index (χ4n) is 2.61. The largest absolute Gasteiger partial charge is 0.480 e. The Kier molecular flexibility index (Phi) is 4.91. The predicted octanol–water partition coefficient (Wildman–Crippen LogP) is 2.88. The number of aliphatic carboxylic acids is 1. The number of hydrogen-bond donors (Lipinski definition) is 2. The number of hydrogen-bond acceptors (Lipinski definition) is 4. The molecule has 1 unspecified atom stereocenters. The first kappa shape index (κ1) is 17.9. The van der Waals surface area contributed by atoms with Gasteiger partial charge in [-0.3, -0.25) is 14.9 Å². The lowest BCUT2D eigenvalue weighted by Gasteiger charge is -2.19. The zero-order valence-corrected chi connectivity index (χ0v) is 14.0. The van der Waals surface area contributed by atoms with E-state index >= 15 is 0 Å². The maximum atomic E-state index is 12.3. The minimum absolute atomic E-state index is 0.0942. The van der Waals surface area contributed by atoms with Gasteiger partial charge in [0.25, 0.3) is 11.6 Å². The van der Waals surface area contributed by atoms with Gasteiger partial charge in [-0.05, 0) is 23.8 Å². The molecular weight excluding hydrogens is 312 g/mol. The summed E-state index contributed by atoms with van der Waals surface area (Å²) < 4.78 is 0. The van der Waals surface area contributed by atoms with E-state index in [0.29, 0.717) is 17.9 Å². The fourth-order valence-corrected chi connectivity index (χ4v) is 2.61. The Morgan fingerprint density at radius 2 is 2.00 bits per heavy atom. The molecule has 1 aromatic rings. The predicted molar refractivity (Wildman–Crippen MR) is 88.0 cm³/mol. The van der Waals surface area contributed by atoms with Gasteiger partial charge in [0.05, 0.1) is 4.92 Å². The number of nitrogens with one attached hydrogen (secondary N) is 1. The number of amides is 1. The summed E-state index contributed by atoms with van der Waals surface area (Å²) in [6.07, 6.45) is 2.35. The Morgan fingerprint density at radius 3 is 2.46 bits per heavy atom. The second kappa shape index (κ2) is 6.59. The summed E-state index contributed by atoms with van der Waals surface area (Å²) in [5.74, 6) is -1.35. The number of benzene rings is 1. The van der Waals surface area contributed by atoms with Gasteiger partial charge in [-0.1, -0.05) is 39.7 Å². The molecule has 1 atom stereocenters. The highest BCUT2D eigenvalue weighted by atomic mass is 16.6.